The predicted molar refractivity (Wildman–Crippen MR) is 110 cm³/mol. The van der Waals surface area contributed by atoms with Crippen LogP contribution in [0.5, 0.6) is 0 Å². The van der Waals surface area contributed by atoms with Crippen LogP contribution < -0.4 is 0 Å². The highest BCUT2D eigenvalue weighted by Crippen LogP contribution is 2.27. The number of carbonyl (C=O) groups excluding carboxylic acids is 1. The first kappa shape index (κ1) is 16.1. The van der Waals surface area contributed by atoms with E-state index in [0.29, 0.717) is 13.0 Å². The largest absolute Gasteiger partial charge is 0.357 e. The van der Waals surface area contributed by atoms with Crippen molar-refractivity contribution in [1.82, 2.24) is 9.88 Å². The van der Waals surface area contributed by atoms with Crippen LogP contribution in [0.3, 0.4) is 0 Å². The molecule has 1 aliphatic rings. The maximum absolute atomic E-state index is 12.8. The fourth-order valence-corrected chi connectivity index (χ4v) is 4.21. The fraction of sp³-hybridized carbons (Fsp3) is 0.208. The Hall–Kier alpha value is -3.07. The third kappa shape index (κ3) is 2.99. The van der Waals surface area contributed by atoms with Gasteiger partial charge < -0.3 is 9.88 Å². The third-order valence-electron chi connectivity index (χ3n) is 5.68. The van der Waals surface area contributed by atoms with Gasteiger partial charge in [-0.05, 0) is 40.8 Å². The molecule has 5 rings (SSSR count). The molecule has 4 aromatic rings. The summed E-state index contributed by atoms with van der Waals surface area (Å²) in [6, 6.07) is 23.3. The first-order valence-corrected chi connectivity index (χ1v) is 9.62. The number of aromatic nitrogens is 1. The van der Waals surface area contributed by atoms with E-state index in [0.717, 1.165) is 19.4 Å². The molecule has 27 heavy (non-hydrogen) atoms. The van der Waals surface area contributed by atoms with E-state index in [1.165, 1.54) is 38.5 Å². The van der Waals surface area contributed by atoms with Crippen LogP contribution in [0.4, 0.5) is 0 Å². The zero-order valence-electron chi connectivity index (χ0n) is 15.2. The highest BCUT2D eigenvalue weighted by atomic mass is 16.2. The molecule has 3 heteroatoms. The molecule has 1 aliphatic heterocycles. The van der Waals surface area contributed by atoms with Gasteiger partial charge >= 0.3 is 0 Å². The van der Waals surface area contributed by atoms with E-state index in [-0.39, 0.29) is 5.91 Å². The summed E-state index contributed by atoms with van der Waals surface area (Å²) < 4.78 is 0. The van der Waals surface area contributed by atoms with Gasteiger partial charge in [-0.25, -0.2) is 0 Å². The number of aromatic amines is 1. The summed E-state index contributed by atoms with van der Waals surface area (Å²) >= 11 is 0. The van der Waals surface area contributed by atoms with E-state index in [1.807, 2.05) is 4.90 Å². The molecule has 1 N–H and O–H groups in total. The number of fused-ring (bicyclic) bond motifs is 4. The average molecular weight is 354 g/mol. The van der Waals surface area contributed by atoms with E-state index in [1.54, 1.807) is 0 Å². The summed E-state index contributed by atoms with van der Waals surface area (Å²) in [7, 11) is 0. The van der Waals surface area contributed by atoms with Gasteiger partial charge in [-0.3, -0.25) is 4.79 Å². The lowest BCUT2D eigenvalue weighted by molar-refractivity contribution is -0.132. The number of para-hydroxylation sites is 1. The molecule has 0 saturated carbocycles. The number of amides is 1. The Morgan fingerprint density at radius 2 is 1.78 bits per heavy atom. The van der Waals surface area contributed by atoms with Gasteiger partial charge in [0.1, 0.15) is 0 Å². The van der Waals surface area contributed by atoms with Crippen LogP contribution in [0, 0.1) is 0 Å². The van der Waals surface area contributed by atoms with Gasteiger partial charge in [-0.15, -0.1) is 0 Å². The van der Waals surface area contributed by atoms with Crippen LogP contribution in [0.1, 0.15) is 23.2 Å². The Kier molecular flexibility index (Phi) is 3.93. The van der Waals surface area contributed by atoms with Gasteiger partial charge in [-0.2, -0.15) is 0 Å². The van der Waals surface area contributed by atoms with Crippen molar-refractivity contribution in [3.05, 3.63) is 83.6 Å². The molecule has 134 valence electrons. The zero-order valence-corrected chi connectivity index (χ0v) is 15.2. The smallest absolute Gasteiger partial charge is 0.223 e. The fourth-order valence-electron chi connectivity index (χ4n) is 4.21. The first-order valence-electron chi connectivity index (χ1n) is 9.62. The molecule has 1 amide bonds. The third-order valence-corrected chi connectivity index (χ3v) is 5.68. The van der Waals surface area contributed by atoms with Crippen molar-refractivity contribution in [3.63, 3.8) is 0 Å². The van der Waals surface area contributed by atoms with Gasteiger partial charge in [0.2, 0.25) is 5.91 Å². The summed E-state index contributed by atoms with van der Waals surface area (Å²) in [5.74, 6) is 0.243. The highest BCUT2D eigenvalue weighted by molar-refractivity contribution is 5.86. The molecule has 0 unspecified atom stereocenters. The van der Waals surface area contributed by atoms with Gasteiger partial charge in [0.05, 0.1) is 6.54 Å². The molecule has 1 aromatic heterocycles. The Morgan fingerprint density at radius 1 is 0.963 bits per heavy atom. The summed E-state index contributed by atoms with van der Waals surface area (Å²) in [4.78, 5) is 18.3. The molecule has 0 aliphatic carbocycles. The number of rotatable bonds is 3. The Bertz CT molecular complexity index is 1140. The SMILES string of the molecule is O=C(CCc1ccc2ccccc2c1)N1CCc2c([nH]c3ccccc23)C1. The second-order valence-electron chi connectivity index (χ2n) is 7.37. The van der Waals surface area contributed by atoms with Gasteiger partial charge in [-0.1, -0.05) is 60.7 Å². The Balaban J connectivity index is 1.28. The molecule has 0 atom stereocenters. The lowest BCUT2D eigenvalue weighted by Gasteiger charge is -2.27. The number of nitrogens with one attached hydrogen (secondary N) is 1. The number of H-pyrrole nitrogens is 1. The topological polar surface area (TPSA) is 36.1 Å². The molecular weight excluding hydrogens is 332 g/mol. The number of benzene rings is 3. The minimum absolute atomic E-state index is 0.243. The van der Waals surface area contributed by atoms with Crippen molar-refractivity contribution >= 4 is 27.6 Å². The van der Waals surface area contributed by atoms with Crippen LogP contribution in [0.2, 0.25) is 0 Å². The normalized spacial score (nSPS) is 13.9. The van der Waals surface area contributed by atoms with Crippen LogP contribution in [0.15, 0.2) is 66.7 Å². The number of hydrogen-bond donors (Lipinski definition) is 1. The van der Waals surface area contributed by atoms with E-state index in [4.69, 9.17) is 0 Å². The molecule has 2 heterocycles. The average Bonchev–Trinajstić information content (AvgIpc) is 3.09. The maximum Gasteiger partial charge on any atom is 0.223 e. The van der Waals surface area contributed by atoms with Crippen molar-refractivity contribution in [1.29, 1.82) is 0 Å². The van der Waals surface area contributed by atoms with Crippen molar-refractivity contribution in [2.24, 2.45) is 0 Å². The summed E-state index contributed by atoms with van der Waals surface area (Å²) in [6.07, 6.45) is 2.29. The Labute approximate surface area is 158 Å². The molecule has 0 bridgehead atoms. The van der Waals surface area contributed by atoms with Gasteiger partial charge in [0, 0.05) is 29.6 Å². The lowest BCUT2D eigenvalue weighted by atomic mass is 10.0. The molecule has 3 nitrogen and oxygen atoms in total. The lowest BCUT2D eigenvalue weighted by Crippen LogP contribution is -2.36. The van der Waals surface area contributed by atoms with Crippen LogP contribution >= 0.6 is 0 Å². The molecule has 0 fully saturated rings. The van der Waals surface area contributed by atoms with E-state index < -0.39 is 0 Å². The quantitative estimate of drug-likeness (QED) is 0.561. The summed E-state index contributed by atoms with van der Waals surface area (Å²) in [5, 5.41) is 3.79. The minimum Gasteiger partial charge on any atom is -0.357 e. The molecule has 3 aromatic carbocycles. The Morgan fingerprint density at radius 3 is 2.70 bits per heavy atom. The second kappa shape index (κ2) is 6.58. The molecule has 0 radical (unpaired) electrons. The van der Waals surface area contributed by atoms with Gasteiger partial charge in [0.15, 0.2) is 0 Å². The predicted octanol–water partition coefficient (Wildman–Crippen LogP) is 4.84. The standard InChI is InChI=1S/C24H22N2O/c27-24(12-10-17-9-11-18-5-1-2-6-19(18)15-17)26-14-13-21-20-7-3-4-8-22(20)25-23(21)16-26/h1-9,11,15,25H,10,12-14,16H2. The zero-order chi connectivity index (χ0) is 18.2. The second-order valence-corrected chi connectivity index (χ2v) is 7.37. The monoisotopic (exact) mass is 354 g/mol. The minimum atomic E-state index is 0.243. The molecule has 0 spiro atoms. The summed E-state index contributed by atoms with van der Waals surface area (Å²) in [6.45, 7) is 1.51. The van der Waals surface area contributed by atoms with Crippen molar-refractivity contribution in [3.8, 4) is 0 Å². The molecular formula is C24H22N2O. The highest BCUT2D eigenvalue weighted by Gasteiger charge is 2.23. The van der Waals surface area contributed by atoms with Crippen LogP contribution in [0.25, 0.3) is 21.7 Å². The van der Waals surface area contributed by atoms with E-state index in [2.05, 4.69) is 71.7 Å². The van der Waals surface area contributed by atoms with Crippen LogP contribution in [-0.4, -0.2) is 22.3 Å². The van der Waals surface area contributed by atoms with Crippen molar-refractivity contribution in [2.75, 3.05) is 6.54 Å². The number of nitrogens with zero attached hydrogens (tertiary/aromatic N) is 1. The molecule has 0 saturated heterocycles. The number of hydrogen-bond acceptors (Lipinski definition) is 1. The van der Waals surface area contributed by atoms with Crippen LogP contribution in [-0.2, 0) is 24.2 Å². The number of carbonyl (C=O) groups is 1. The van der Waals surface area contributed by atoms with E-state index >= 15 is 0 Å². The number of aryl methyl sites for hydroxylation is 1. The van der Waals surface area contributed by atoms with Gasteiger partial charge in [0.25, 0.3) is 0 Å². The maximum atomic E-state index is 12.8. The van der Waals surface area contributed by atoms with Crippen molar-refractivity contribution in [2.45, 2.75) is 25.8 Å². The van der Waals surface area contributed by atoms with E-state index in [9.17, 15) is 4.79 Å². The first-order chi connectivity index (χ1) is 13.3. The summed E-state index contributed by atoms with van der Waals surface area (Å²) in [5.41, 5.74) is 4.98. The van der Waals surface area contributed by atoms with Crippen molar-refractivity contribution < 1.29 is 4.79 Å².